The number of nitrogens with zero attached hydrogens (tertiary/aromatic N) is 2. The highest BCUT2D eigenvalue weighted by molar-refractivity contribution is 6.21. The molecule has 0 saturated carbocycles. The molecule has 2 nitrogen and oxygen atoms in total. The molecule has 0 aliphatic heterocycles. The Hall–Kier alpha value is -8.72. The highest BCUT2D eigenvalue weighted by atomic mass is 15.1. The first-order chi connectivity index (χ1) is 36.5. The van der Waals surface area contributed by atoms with Gasteiger partial charge in [-0.1, -0.05) is 187 Å². The fourth-order valence-electron chi connectivity index (χ4n) is 14.0. The lowest BCUT2D eigenvalue weighted by atomic mass is 9.82. The van der Waals surface area contributed by atoms with Crippen LogP contribution < -0.4 is 9.80 Å². The lowest BCUT2D eigenvalue weighted by molar-refractivity contribution is 0.660. The summed E-state index contributed by atoms with van der Waals surface area (Å²) >= 11 is 0. The van der Waals surface area contributed by atoms with Gasteiger partial charge in [0.05, 0.1) is 0 Å². The summed E-state index contributed by atoms with van der Waals surface area (Å²) < 4.78 is 0. The standard InChI is InChI=1S/C73H56N2/c1-71(2)61-25-13-17-47-41-59(57-23-15-27-63(71)69(57)67(47)61)45-29-33-51(34-30-45)74(49-19-9-7-10-20-49)53-37-39-55-56-40-38-54(44-66(56)73(5,6)65(55)43-53)75(50-21-11-8-12-22-50)52-35-31-46(32-36-52)60-42-48-18-14-26-62-68(48)70-58(60)24-16-28-64(70)72(62,3)4/h7-44H,1-6H3. The van der Waals surface area contributed by atoms with E-state index in [4.69, 9.17) is 0 Å². The van der Waals surface area contributed by atoms with E-state index < -0.39 is 0 Å². The van der Waals surface area contributed by atoms with Crippen LogP contribution in [-0.4, -0.2) is 0 Å². The van der Waals surface area contributed by atoms with Gasteiger partial charge in [-0.25, -0.2) is 0 Å². The van der Waals surface area contributed by atoms with Gasteiger partial charge < -0.3 is 9.80 Å². The molecule has 0 amide bonds. The Morgan fingerprint density at radius 1 is 0.240 bits per heavy atom. The maximum atomic E-state index is 2.44. The summed E-state index contributed by atoms with van der Waals surface area (Å²) in [7, 11) is 0. The molecule has 358 valence electrons. The normalized spacial score (nSPS) is 14.9. The Bertz CT molecular complexity index is 4070. The van der Waals surface area contributed by atoms with E-state index in [1.54, 1.807) is 0 Å². The second-order valence-electron chi connectivity index (χ2n) is 22.9. The maximum Gasteiger partial charge on any atom is 0.0465 e. The Balaban J connectivity index is 0.789. The maximum absolute atomic E-state index is 2.44. The van der Waals surface area contributed by atoms with E-state index in [0.29, 0.717) is 0 Å². The highest BCUT2D eigenvalue weighted by Crippen LogP contribution is 2.55. The monoisotopic (exact) mass is 960 g/mol. The first kappa shape index (κ1) is 43.8. The SMILES string of the molecule is CC1(C)c2cc(N(c3ccccc3)c3ccc(-c4cc5cccc6c5c5c(cccc45)C6(C)C)cc3)ccc2-c2ccc(N(c3ccccc3)c3ccc(-c4cc5cccc6c5c5c(cccc45)C6(C)C)cc3)cc21. The fraction of sp³-hybridized carbons (Fsp3) is 0.123. The van der Waals surface area contributed by atoms with E-state index in [1.807, 2.05) is 0 Å². The molecule has 0 atom stereocenters. The molecule has 12 aromatic carbocycles. The molecule has 0 fully saturated rings. The quantitative estimate of drug-likeness (QED) is 0.140. The molecule has 3 aliphatic rings. The van der Waals surface area contributed by atoms with Crippen LogP contribution in [0.5, 0.6) is 0 Å². The molecule has 2 heteroatoms. The second-order valence-corrected chi connectivity index (χ2v) is 22.9. The zero-order chi connectivity index (χ0) is 50.5. The number of para-hydroxylation sites is 2. The molecule has 15 rings (SSSR count). The number of benzene rings is 12. The van der Waals surface area contributed by atoms with Gasteiger partial charge in [0.2, 0.25) is 0 Å². The molecule has 0 saturated heterocycles. The van der Waals surface area contributed by atoms with Gasteiger partial charge in [0.25, 0.3) is 0 Å². The largest absolute Gasteiger partial charge is 0.310 e. The van der Waals surface area contributed by atoms with Crippen LogP contribution in [0.2, 0.25) is 0 Å². The van der Waals surface area contributed by atoms with Crippen LogP contribution in [0.1, 0.15) is 74.9 Å². The van der Waals surface area contributed by atoms with Crippen LogP contribution in [0.15, 0.2) is 231 Å². The van der Waals surface area contributed by atoms with Crippen molar-refractivity contribution in [3.63, 3.8) is 0 Å². The van der Waals surface area contributed by atoms with E-state index in [1.165, 1.54) is 110 Å². The van der Waals surface area contributed by atoms with Crippen molar-refractivity contribution < 1.29 is 0 Å². The average Bonchev–Trinajstić information content (AvgIpc) is 4.01. The summed E-state index contributed by atoms with van der Waals surface area (Å²) in [6.45, 7) is 14.3. The van der Waals surface area contributed by atoms with E-state index in [2.05, 4.69) is 282 Å². The highest BCUT2D eigenvalue weighted by Gasteiger charge is 2.38. The molecule has 0 unspecified atom stereocenters. The smallest absolute Gasteiger partial charge is 0.0465 e. The molecule has 0 N–H and O–H groups in total. The van der Waals surface area contributed by atoms with Gasteiger partial charge in [0, 0.05) is 50.4 Å². The lowest BCUT2D eigenvalue weighted by Gasteiger charge is -2.29. The van der Waals surface area contributed by atoms with Crippen molar-refractivity contribution in [1.29, 1.82) is 0 Å². The molecular weight excluding hydrogens is 905 g/mol. The van der Waals surface area contributed by atoms with Crippen molar-refractivity contribution in [3.05, 3.63) is 264 Å². The molecule has 0 radical (unpaired) electrons. The predicted molar refractivity (Wildman–Crippen MR) is 319 cm³/mol. The minimum Gasteiger partial charge on any atom is -0.310 e. The number of anilines is 6. The van der Waals surface area contributed by atoms with Crippen molar-refractivity contribution in [2.75, 3.05) is 9.80 Å². The van der Waals surface area contributed by atoms with Crippen molar-refractivity contribution in [1.82, 2.24) is 0 Å². The van der Waals surface area contributed by atoms with Gasteiger partial charge in [0.1, 0.15) is 0 Å². The van der Waals surface area contributed by atoms with Crippen LogP contribution >= 0.6 is 0 Å². The molecule has 12 aromatic rings. The van der Waals surface area contributed by atoms with Crippen LogP contribution in [0, 0.1) is 0 Å². The van der Waals surface area contributed by atoms with E-state index in [0.717, 1.165) is 34.1 Å². The summed E-state index contributed by atoms with van der Waals surface area (Å²) in [6.07, 6.45) is 0. The first-order valence-corrected chi connectivity index (χ1v) is 26.7. The summed E-state index contributed by atoms with van der Waals surface area (Å²) in [4.78, 5) is 4.83. The Morgan fingerprint density at radius 3 is 0.973 bits per heavy atom. The molecular formula is C73H56N2. The summed E-state index contributed by atoms with van der Waals surface area (Å²) in [6, 6.07) is 86.7. The molecule has 0 heterocycles. The van der Waals surface area contributed by atoms with Gasteiger partial charge in [0.15, 0.2) is 0 Å². The third-order valence-electron chi connectivity index (χ3n) is 17.8. The minimum atomic E-state index is -0.267. The molecule has 75 heavy (non-hydrogen) atoms. The van der Waals surface area contributed by atoms with Gasteiger partial charge >= 0.3 is 0 Å². The van der Waals surface area contributed by atoms with E-state index in [9.17, 15) is 0 Å². The summed E-state index contributed by atoms with van der Waals surface area (Å²) in [5.41, 5.74) is 22.4. The van der Waals surface area contributed by atoms with Crippen molar-refractivity contribution in [2.24, 2.45) is 0 Å². The Kier molecular flexibility index (Phi) is 9.15. The lowest BCUT2D eigenvalue weighted by Crippen LogP contribution is -2.17. The van der Waals surface area contributed by atoms with Crippen LogP contribution in [0.4, 0.5) is 34.1 Å². The number of fused-ring (bicyclic) bond motifs is 3. The van der Waals surface area contributed by atoms with E-state index in [-0.39, 0.29) is 16.2 Å². The first-order valence-electron chi connectivity index (χ1n) is 26.7. The summed E-state index contributed by atoms with van der Waals surface area (Å²) in [5, 5.41) is 10.9. The average molecular weight is 961 g/mol. The predicted octanol–water partition coefficient (Wildman–Crippen LogP) is 20.2. The van der Waals surface area contributed by atoms with E-state index >= 15 is 0 Å². The van der Waals surface area contributed by atoms with Crippen molar-refractivity contribution >= 4 is 77.2 Å². The zero-order valence-corrected chi connectivity index (χ0v) is 43.3. The minimum absolute atomic E-state index is 0.0287. The van der Waals surface area contributed by atoms with Crippen LogP contribution in [0.25, 0.3) is 76.5 Å². The number of hydrogen-bond donors (Lipinski definition) is 0. The number of rotatable bonds is 8. The van der Waals surface area contributed by atoms with Crippen LogP contribution in [-0.2, 0) is 16.2 Å². The zero-order valence-electron chi connectivity index (χ0n) is 43.3. The molecule has 0 bridgehead atoms. The van der Waals surface area contributed by atoms with Crippen molar-refractivity contribution in [3.8, 4) is 33.4 Å². The Morgan fingerprint density at radius 2 is 0.573 bits per heavy atom. The molecule has 3 aliphatic carbocycles. The van der Waals surface area contributed by atoms with Crippen molar-refractivity contribution in [2.45, 2.75) is 57.8 Å². The topological polar surface area (TPSA) is 6.48 Å². The molecule has 0 spiro atoms. The third kappa shape index (κ3) is 6.20. The van der Waals surface area contributed by atoms with Crippen LogP contribution in [0.3, 0.4) is 0 Å². The second kappa shape index (κ2) is 15.7. The number of hydrogen-bond acceptors (Lipinski definition) is 2. The van der Waals surface area contributed by atoms with Gasteiger partial charge in [-0.05, 0) is 195 Å². The van der Waals surface area contributed by atoms with Gasteiger partial charge in [-0.3, -0.25) is 0 Å². The third-order valence-corrected chi connectivity index (χ3v) is 17.8. The fourth-order valence-corrected chi connectivity index (χ4v) is 14.0. The summed E-state index contributed by atoms with van der Waals surface area (Å²) in [5.74, 6) is 0. The van der Waals surface area contributed by atoms with Gasteiger partial charge in [-0.15, -0.1) is 0 Å². The Labute approximate surface area is 439 Å². The molecule has 0 aromatic heterocycles. The van der Waals surface area contributed by atoms with Gasteiger partial charge in [-0.2, -0.15) is 0 Å².